The molecule has 1 atom stereocenters. The minimum Gasteiger partial charge on any atom is -0.493 e. The molecular weight excluding hydrogens is 422 g/mol. The van der Waals surface area contributed by atoms with Crippen molar-refractivity contribution in [3.63, 3.8) is 0 Å². The molecule has 1 aromatic carbocycles. The van der Waals surface area contributed by atoms with E-state index in [1.165, 1.54) is 11.3 Å². The molecule has 0 bridgehead atoms. The lowest BCUT2D eigenvalue weighted by molar-refractivity contribution is 0.320. The van der Waals surface area contributed by atoms with Crippen LogP contribution in [0.15, 0.2) is 48.7 Å². The number of hydrogen-bond donors (Lipinski definition) is 1. The van der Waals surface area contributed by atoms with E-state index in [2.05, 4.69) is 57.7 Å². The highest BCUT2D eigenvalue weighted by atomic mass is 35.5. The van der Waals surface area contributed by atoms with Crippen molar-refractivity contribution in [2.24, 2.45) is 0 Å². The van der Waals surface area contributed by atoms with E-state index >= 15 is 0 Å². The zero-order chi connectivity index (χ0) is 22.1. The Morgan fingerprint density at radius 2 is 2.03 bits per heavy atom. The van der Waals surface area contributed by atoms with Crippen molar-refractivity contribution >= 4 is 17.2 Å². The van der Waals surface area contributed by atoms with Crippen LogP contribution in [-0.4, -0.2) is 44.2 Å². The molecule has 1 aliphatic rings. The number of imidazole rings is 1. The van der Waals surface area contributed by atoms with Gasteiger partial charge in [-0.1, -0.05) is 17.7 Å². The summed E-state index contributed by atoms with van der Waals surface area (Å²) in [6.45, 7) is 7.84. The summed E-state index contributed by atoms with van der Waals surface area (Å²) in [6.07, 6.45) is 4.05. The lowest BCUT2D eigenvalue weighted by Gasteiger charge is -2.16. The van der Waals surface area contributed by atoms with Gasteiger partial charge in [-0.05, 0) is 68.8 Å². The molecule has 0 unspecified atom stereocenters. The second kappa shape index (κ2) is 8.96. The highest BCUT2D eigenvalue weighted by Crippen LogP contribution is 2.28. The van der Waals surface area contributed by atoms with Crippen LogP contribution in [0.5, 0.6) is 5.75 Å². The number of benzene rings is 1. The van der Waals surface area contributed by atoms with Gasteiger partial charge >= 0.3 is 0 Å². The average molecular weight is 450 g/mol. The van der Waals surface area contributed by atoms with E-state index in [-0.39, 0.29) is 0 Å². The maximum atomic E-state index is 5.92. The third-order valence-corrected chi connectivity index (χ3v) is 6.56. The number of aryl methyl sites for hydroxylation is 2. The zero-order valence-corrected chi connectivity index (χ0v) is 19.3. The van der Waals surface area contributed by atoms with E-state index in [0.717, 1.165) is 61.0 Å². The van der Waals surface area contributed by atoms with Crippen LogP contribution >= 0.6 is 11.6 Å². The fourth-order valence-corrected chi connectivity index (χ4v) is 4.64. The number of likely N-dealkylation sites (tertiary alicyclic amines) is 1. The van der Waals surface area contributed by atoms with Gasteiger partial charge in [0.2, 0.25) is 0 Å². The molecule has 0 amide bonds. The van der Waals surface area contributed by atoms with Gasteiger partial charge in [0.1, 0.15) is 11.4 Å². The van der Waals surface area contributed by atoms with E-state index in [1.807, 2.05) is 24.3 Å². The van der Waals surface area contributed by atoms with Gasteiger partial charge in [-0.25, -0.2) is 4.98 Å². The quantitative estimate of drug-likeness (QED) is 0.434. The lowest BCUT2D eigenvalue weighted by atomic mass is 10.0. The third-order valence-electron chi connectivity index (χ3n) is 6.31. The molecular formula is C25H28ClN5O. The number of H-pyrrole nitrogens is 1. The van der Waals surface area contributed by atoms with Gasteiger partial charge in [0.05, 0.1) is 23.7 Å². The molecule has 0 spiro atoms. The molecule has 3 aromatic heterocycles. The van der Waals surface area contributed by atoms with Crippen LogP contribution in [0.25, 0.3) is 5.65 Å². The van der Waals surface area contributed by atoms with Crippen LogP contribution in [-0.2, 0) is 13.0 Å². The largest absolute Gasteiger partial charge is 0.493 e. The molecule has 6 nitrogen and oxygen atoms in total. The van der Waals surface area contributed by atoms with Crippen LogP contribution in [0.4, 0.5) is 0 Å². The Morgan fingerprint density at radius 1 is 1.19 bits per heavy atom. The summed E-state index contributed by atoms with van der Waals surface area (Å²) in [6, 6.07) is 13.9. The van der Waals surface area contributed by atoms with Crippen molar-refractivity contribution in [1.82, 2.24) is 24.5 Å². The molecule has 1 fully saturated rings. The maximum Gasteiger partial charge on any atom is 0.140 e. The number of pyridine rings is 1. The molecule has 0 saturated carbocycles. The van der Waals surface area contributed by atoms with Gasteiger partial charge < -0.3 is 9.14 Å². The Balaban J connectivity index is 1.17. The van der Waals surface area contributed by atoms with Crippen molar-refractivity contribution in [3.05, 3.63) is 82.0 Å². The van der Waals surface area contributed by atoms with Gasteiger partial charge in [0.25, 0.3) is 0 Å². The Labute approximate surface area is 193 Å². The summed E-state index contributed by atoms with van der Waals surface area (Å²) in [7, 11) is 0. The van der Waals surface area contributed by atoms with Gasteiger partial charge in [-0.15, -0.1) is 0 Å². The van der Waals surface area contributed by atoms with Crippen molar-refractivity contribution in [3.8, 4) is 5.75 Å². The summed E-state index contributed by atoms with van der Waals surface area (Å²) in [5, 5.41) is 8.51. The summed E-state index contributed by atoms with van der Waals surface area (Å²) in [5.74, 6) is 1.29. The van der Waals surface area contributed by atoms with E-state index in [1.54, 1.807) is 0 Å². The lowest BCUT2D eigenvalue weighted by Crippen LogP contribution is -2.21. The number of ether oxygens (including phenoxy) is 1. The first-order chi connectivity index (χ1) is 15.6. The highest BCUT2D eigenvalue weighted by molar-refractivity contribution is 6.30. The summed E-state index contributed by atoms with van der Waals surface area (Å²) >= 11 is 5.92. The van der Waals surface area contributed by atoms with Crippen molar-refractivity contribution in [1.29, 1.82) is 0 Å². The van der Waals surface area contributed by atoms with Gasteiger partial charge in [-0.2, -0.15) is 5.10 Å². The SMILES string of the molecule is Cc1nc2c(C)cccn2c1CN1CC[C@@H](c2cc(CCOc3ccc(Cl)cc3)[nH]n2)C1. The number of hydrogen-bond acceptors (Lipinski definition) is 4. The number of rotatable bonds is 7. The van der Waals surface area contributed by atoms with E-state index in [0.29, 0.717) is 17.5 Å². The Morgan fingerprint density at radius 3 is 2.88 bits per heavy atom. The molecule has 4 aromatic rings. The molecule has 0 aliphatic carbocycles. The number of nitrogens with zero attached hydrogens (tertiary/aromatic N) is 4. The van der Waals surface area contributed by atoms with Crippen LogP contribution in [0.1, 0.15) is 40.7 Å². The second-order valence-corrected chi connectivity index (χ2v) is 9.06. The predicted octanol–water partition coefficient (Wildman–Crippen LogP) is 4.94. The normalized spacial score (nSPS) is 16.8. The van der Waals surface area contributed by atoms with Crippen LogP contribution in [0.3, 0.4) is 0 Å². The number of nitrogens with one attached hydrogen (secondary N) is 1. The van der Waals surface area contributed by atoms with Crippen LogP contribution in [0.2, 0.25) is 5.02 Å². The summed E-state index contributed by atoms with van der Waals surface area (Å²) < 4.78 is 8.05. The third kappa shape index (κ3) is 4.38. The number of fused-ring (bicyclic) bond motifs is 1. The first-order valence-electron chi connectivity index (χ1n) is 11.1. The summed E-state index contributed by atoms with van der Waals surface area (Å²) in [4.78, 5) is 7.31. The number of aromatic nitrogens is 4. The number of aromatic amines is 1. The Kier molecular flexibility index (Phi) is 5.89. The molecule has 7 heteroatoms. The standard InChI is InChI=1S/C25H28ClN5O/c1-17-4-3-11-31-24(18(2)27-25(17)31)16-30-12-9-19(15-30)23-14-21(28-29-23)10-13-32-22-7-5-20(26)6-8-22/h3-8,11,14,19H,9-10,12-13,15-16H2,1-2H3,(H,28,29)/t19-/m1/s1. The average Bonchev–Trinajstić information content (AvgIpc) is 3.51. The first-order valence-corrected chi connectivity index (χ1v) is 11.5. The van der Waals surface area contributed by atoms with Crippen LogP contribution < -0.4 is 4.74 Å². The molecule has 32 heavy (non-hydrogen) atoms. The molecule has 166 valence electrons. The van der Waals surface area contributed by atoms with Crippen LogP contribution in [0, 0.1) is 13.8 Å². The van der Waals surface area contributed by atoms with Crippen molar-refractivity contribution in [2.75, 3.05) is 19.7 Å². The first kappa shape index (κ1) is 21.0. The number of halogens is 1. The highest BCUT2D eigenvalue weighted by Gasteiger charge is 2.27. The van der Waals surface area contributed by atoms with Crippen molar-refractivity contribution < 1.29 is 4.74 Å². The predicted molar refractivity (Wildman–Crippen MR) is 127 cm³/mol. The smallest absolute Gasteiger partial charge is 0.140 e. The van der Waals surface area contributed by atoms with Gasteiger partial charge in [0, 0.05) is 42.3 Å². The monoisotopic (exact) mass is 449 g/mol. The Bertz CT molecular complexity index is 1210. The minimum atomic E-state index is 0.457. The molecule has 0 radical (unpaired) electrons. The van der Waals surface area contributed by atoms with E-state index < -0.39 is 0 Å². The molecule has 4 heterocycles. The maximum absolute atomic E-state index is 5.92. The summed E-state index contributed by atoms with van der Waals surface area (Å²) in [5.41, 5.74) is 6.94. The second-order valence-electron chi connectivity index (χ2n) is 8.62. The fourth-order valence-electron chi connectivity index (χ4n) is 4.51. The topological polar surface area (TPSA) is 58.5 Å². The minimum absolute atomic E-state index is 0.457. The Hall–Kier alpha value is -2.83. The molecule has 1 saturated heterocycles. The van der Waals surface area contributed by atoms with Crippen molar-refractivity contribution in [2.45, 2.75) is 39.2 Å². The zero-order valence-electron chi connectivity index (χ0n) is 18.5. The van der Waals surface area contributed by atoms with Gasteiger partial charge in [-0.3, -0.25) is 10.00 Å². The molecule has 5 rings (SSSR count). The van der Waals surface area contributed by atoms with E-state index in [9.17, 15) is 0 Å². The van der Waals surface area contributed by atoms with Gasteiger partial charge in [0.15, 0.2) is 0 Å². The van der Waals surface area contributed by atoms with E-state index in [4.69, 9.17) is 21.3 Å². The fraction of sp³-hybridized carbons (Fsp3) is 0.360. The molecule has 1 aliphatic heterocycles. The molecule has 1 N–H and O–H groups in total.